The van der Waals surface area contributed by atoms with Gasteiger partial charge in [-0.05, 0) is 43.6 Å². The lowest BCUT2D eigenvalue weighted by molar-refractivity contribution is 0.419. The molecule has 3 rings (SSSR count). The van der Waals surface area contributed by atoms with Gasteiger partial charge in [0, 0.05) is 43.7 Å². The molecular formula is C20H31N5S. The van der Waals surface area contributed by atoms with Crippen LogP contribution in [0.2, 0.25) is 0 Å². The molecule has 2 aromatic heterocycles. The fraction of sp³-hybridized carbons (Fsp3) is 0.600. The van der Waals surface area contributed by atoms with Crippen molar-refractivity contribution in [1.82, 2.24) is 20.0 Å². The summed E-state index contributed by atoms with van der Waals surface area (Å²) in [5.74, 6) is 2.13. The van der Waals surface area contributed by atoms with Gasteiger partial charge in [-0.3, -0.25) is 4.99 Å². The highest BCUT2D eigenvalue weighted by Gasteiger charge is 2.22. The predicted molar refractivity (Wildman–Crippen MR) is 112 cm³/mol. The summed E-state index contributed by atoms with van der Waals surface area (Å²) in [5, 5.41) is 7.87. The number of hydrogen-bond acceptors (Lipinski definition) is 3. The normalized spacial score (nSPS) is 21.1. The molecule has 0 bridgehead atoms. The zero-order chi connectivity index (χ0) is 18.4. The van der Waals surface area contributed by atoms with Crippen LogP contribution in [-0.4, -0.2) is 46.0 Å². The average Bonchev–Trinajstić information content (AvgIpc) is 3.06. The molecule has 1 aliphatic carbocycles. The van der Waals surface area contributed by atoms with E-state index in [9.17, 15) is 0 Å². The largest absolute Gasteiger partial charge is 0.356 e. The lowest BCUT2D eigenvalue weighted by Gasteiger charge is -2.30. The van der Waals surface area contributed by atoms with Gasteiger partial charge in [0.1, 0.15) is 5.65 Å². The highest BCUT2D eigenvalue weighted by Crippen LogP contribution is 2.28. The molecule has 2 aromatic rings. The monoisotopic (exact) mass is 373 g/mol. The van der Waals surface area contributed by atoms with E-state index >= 15 is 0 Å². The van der Waals surface area contributed by atoms with E-state index in [1.165, 1.54) is 37.0 Å². The molecule has 1 aliphatic rings. The van der Waals surface area contributed by atoms with Gasteiger partial charge in [0.2, 0.25) is 0 Å². The van der Waals surface area contributed by atoms with Crippen molar-refractivity contribution in [2.45, 2.75) is 57.2 Å². The fourth-order valence-electron chi connectivity index (χ4n) is 3.68. The third-order valence-electron chi connectivity index (χ3n) is 4.99. The molecule has 0 amide bonds. The zero-order valence-electron chi connectivity index (χ0n) is 16.2. The molecule has 142 valence electrons. The third-order valence-corrected chi connectivity index (χ3v) is 6.23. The van der Waals surface area contributed by atoms with Crippen LogP contribution in [0.3, 0.4) is 0 Å². The van der Waals surface area contributed by atoms with Crippen LogP contribution in [0, 0.1) is 6.92 Å². The molecule has 1 fully saturated rings. The number of aliphatic imine (C=N–C) groups is 1. The van der Waals surface area contributed by atoms with Crippen LogP contribution in [0.4, 0.5) is 0 Å². The number of nitrogens with one attached hydrogen (secondary N) is 2. The van der Waals surface area contributed by atoms with Crippen molar-refractivity contribution in [3.8, 4) is 0 Å². The van der Waals surface area contributed by atoms with Gasteiger partial charge >= 0.3 is 0 Å². The van der Waals surface area contributed by atoms with E-state index in [-0.39, 0.29) is 0 Å². The van der Waals surface area contributed by atoms with Crippen LogP contribution in [0.25, 0.3) is 5.65 Å². The predicted octanol–water partition coefficient (Wildman–Crippen LogP) is 3.41. The smallest absolute Gasteiger partial charge is 0.191 e. The zero-order valence-corrected chi connectivity index (χ0v) is 17.0. The Morgan fingerprint density at radius 2 is 2.31 bits per heavy atom. The van der Waals surface area contributed by atoms with Crippen molar-refractivity contribution < 1.29 is 0 Å². The summed E-state index contributed by atoms with van der Waals surface area (Å²) in [5.41, 5.74) is 3.37. The van der Waals surface area contributed by atoms with Gasteiger partial charge in [-0.2, -0.15) is 11.8 Å². The summed E-state index contributed by atoms with van der Waals surface area (Å²) in [4.78, 5) is 9.14. The van der Waals surface area contributed by atoms with Crippen LogP contribution >= 0.6 is 11.8 Å². The first-order valence-electron chi connectivity index (χ1n) is 9.71. The molecule has 6 heteroatoms. The minimum absolute atomic E-state index is 0.539. The van der Waals surface area contributed by atoms with Crippen LogP contribution < -0.4 is 10.6 Å². The SMILES string of the molecule is CCSC1CCCC(NC(=NC)NCCc2cn3cccc(C)c3n2)C1. The molecule has 0 spiro atoms. The summed E-state index contributed by atoms with van der Waals surface area (Å²) >= 11 is 2.10. The molecular weight excluding hydrogens is 342 g/mol. The van der Waals surface area contributed by atoms with Crippen LogP contribution in [0.15, 0.2) is 29.5 Å². The first kappa shape index (κ1) is 19.1. The maximum absolute atomic E-state index is 4.74. The van der Waals surface area contributed by atoms with E-state index in [2.05, 4.69) is 70.2 Å². The summed E-state index contributed by atoms with van der Waals surface area (Å²) in [6.07, 6.45) is 10.2. The van der Waals surface area contributed by atoms with E-state index in [0.29, 0.717) is 6.04 Å². The minimum atomic E-state index is 0.539. The summed E-state index contributed by atoms with van der Waals surface area (Å²) < 4.78 is 2.10. The topological polar surface area (TPSA) is 53.7 Å². The number of thioether (sulfide) groups is 1. The summed E-state index contributed by atoms with van der Waals surface area (Å²) in [7, 11) is 1.85. The first-order valence-corrected chi connectivity index (χ1v) is 10.8. The number of imidazole rings is 1. The van der Waals surface area contributed by atoms with E-state index in [1.807, 2.05) is 7.05 Å². The Balaban J connectivity index is 1.48. The molecule has 0 aliphatic heterocycles. The summed E-state index contributed by atoms with van der Waals surface area (Å²) in [6.45, 7) is 5.19. The van der Waals surface area contributed by atoms with Gasteiger partial charge in [0.15, 0.2) is 5.96 Å². The molecule has 2 unspecified atom stereocenters. The number of guanidine groups is 1. The van der Waals surface area contributed by atoms with E-state index < -0.39 is 0 Å². The van der Waals surface area contributed by atoms with Crippen molar-refractivity contribution in [2.24, 2.45) is 4.99 Å². The second kappa shape index (κ2) is 9.31. The van der Waals surface area contributed by atoms with Gasteiger partial charge in [0.25, 0.3) is 0 Å². The molecule has 2 heterocycles. The number of fused-ring (bicyclic) bond motifs is 1. The van der Waals surface area contributed by atoms with Crippen LogP contribution in [0.5, 0.6) is 0 Å². The van der Waals surface area contributed by atoms with Gasteiger partial charge in [0.05, 0.1) is 5.69 Å². The van der Waals surface area contributed by atoms with Gasteiger partial charge < -0.3 is 15.0 Å². The van der Waals surface area contributed by atoms with E-state index in [4.69, 9.17) is 4.98 Å². The Hall–Kier alpha value is -1.69. The lowest BCUT2D eigenvalue weighted by atomic mass is 9.95. The van der Waals surface area contributed by atoms with E-state index in [1.54, 1.807) is 0 Å². The van der Waals surface area contributed by atoms with Crippen molar-refractivity contribution in [2.75, 3.05) is 19.3 Å². The van der Waals surface area contributed by atoms with Gasteiger partial charge in [-0.25, -0.2) is 4.98 Å². The quantitative estimate of drug-likeness (QED) is 0.602. The van der Waals surface area contributed by atoms with Crippen LogP contribution in [-0.2, 0) is 6.42 Å². The minimum Gasteiger partial charge on any atom is -0.356 e. The number of pyridine rings is 1. The van der Waals surface area contributed by atoms with Gasteiger partial charge in [-0.15, -0.1) is 0 Å². The number of rotatable bonds is 6. The number of aryl methyl sites for hydroxylation is 1. The Bertz CT molecular complexity index is 737. The van der Waals surface area contributed by atoms with Crippen molar-refractivity contribution in [3.05, 3.63) is 35.8 Å². The second-order valence-corrected chi connectivity index (χ2v) is 8.57. The Labute approximate surface area is 161 Å². The van der Waals surface area contributed by atoms with Crippen molar-refractivity contribution >= 4 is 23.4 Å². The molecule has 0 radical (unpaired) electrons. The number of aromatic nitrogens is 2. The number of hydrogen-bond donors (Lipinski definition) is 2. The maximum atomic E-state index is 4.74. The van der Waals surface area contributed by atoms with E-state index in [0.717, 1.165) is 35.5 Å². The highest BCUT2D eigenvalue weighted by molar-refractivity contribution is 7.99. The Morgan fingerprint density at radius 1 is 1.42 bits per heavy atom. The molecule has 2 atom stereocenters. The average molecular weight is 374 g/mol. The highest BCUT2D eigenvalue weighted by atomic mass is 32.2. The van der Waals surface area contributed by atoms with Crippen LogP contribution in [0.1, 0.15) is 43.9 Å². The molecule has 26 heavy (non-hydrogen) atoms. The van der Waals surface area contributed by atoms with Crippen molar-refractivity contribution in [3.63, 3.8) is 0 Å². The standard InChI is InChI=1S/C20H31N5S/c1-4-26-18-9-5-8-16(13-18)24-20(21-3)22-11-10-17-14-25-12-6-7-15(2)19(25)23-17/h6-7,12,14,16,18H,4-5,8-11,13H2,1-3H3,(H2,21,22,24). The maximum Gasteiger partial charge on any atom is 0.191 e. The Kier molecular flexibility index (Phi) is 6.83. The lowest BCUT2D eigenvalue weighted by Crippen LogP contribution is -2.46. The third kappa shape index (κ3) is 4.93. The molecule has 0 aromatic carbocycles. The molecule has 0 saturated heterocycles. The summed E-state index contributed by atoms with van der Waals surface area (Å²) in [6, 6.07) is 4.70. The van der Waals surface area contributed by atoms with Gasteiger partial charge in [-0.1, -0.05) is 19.4 Å². The van der Waals surface area contributed by atoms with Crippen molar-refractivity contribution in [1.29, 1.82) is 0 Å². The fourth-order valence-corrected chi connectivity index (χ4v) is 4.86. The molecule has 5 nitrogen and oxygen atoms in total. The molecule has 2 N–H and O–H groups in total. The Morgan fingerprint density at radius 3 is 3.08 bits per heavy atom. The number of nitrogens with zero attached hydrogens (tertiary/aromatic N) is 3. The first-order chi connectivity index (χ1) is 12.7. The second-order valence-electron chi connectivity index (χ2n) is 6.99. The molecule has 1 saturated carbocycles.